The predicted octanol–water partition coefficient (Wildman–Crippen LogP) is 2.87. The highest BCUT2D eigenvalue weighted by Crippen LogP contribution is 2.41. The molecule has 0 atom stereocenters. The molecule has 2 fully saturated rings. The Hall–Kier alpha value is -0.570. The first-order chi connectivity index (χ1) is 9.00. The Balaban J connectivity index is 1.84. The Morgan fingerprint density at radius 3 is 2.32 bits per heavy atom. The highest BCUT2D eigenvalue weighted by atomic mass is 16.3. The van der Waals surface area contributed by atoms with Crippen molar-refractivity contribution in [2.75, 3.05) is 13.2 Å². The third kappa shape index (κ3) is 3.13. The third-order valence-corrected chi connectivity index (χ3v) is 5.51. The molecule has 19 heavy (non-hydrogen) atoms. The van der Waals surface area contributed by atoms with Gasteiger partial charge in [-0.05, 0) is 37.0 Å². The number of carbonyl (C=O) groups is 1. The fourth-order valence-corrected chi connectivity index (χ4v) is 3.58. The van der Waals surface area contributed by atoms with Crippen LogP contribution in [0.5, 0.6) is 0 Å². The van der Waals surface area contributed by atoms with Crippen LogP contribution in [0.2, 0.25) is 0 Å². The van der Waals surface area contributed by atoms with Gasteiger partial charge in [-0.25, -0.2) is 0 Å². The lowest BCUT2D eigenvalue weighted by Gasteiger charge is -2.41. The lowest BCUT2D eigenvalue weighted by molar-refractivity contribution is -0.140. The summed E-state index contributed by atoms with van der Waals surface area (Å²) >= 11 is 0. The molecule has 0 aromatic rings. The smallest absolute Gasteiger partial charge is 0.228 e. The SMILES string of the molecule is CC(C)(CNC(=O)C1(CO)CCC1)C1CCCCC1. The molecular formula is C16H29NO2. The number of aliphatic hydroxyl groups is 1. The first kappa shape index (κ1) is 14.8. The van der Waals surface area contributed by atoms with Crippen molar-refractivity contribution in [2.24, 2.45) is 16.7 Å². The van der Waals surface area contributed by atoms with Crippen LogP contribution in [-0.4, -0.2) is 24.2 Å². The normalized spacial score (nSPS) is 23.7. The average molecular weight is 267 g/mol. The van der Waals surface area contributed by atoms with E-state index >= 15 is 0 Å². The molecule has 3 nitrogen and oxygen atoms in total. The van der Waals surface area contributed by atoms with E-state index in [-0.39, 0.29) is 17.9 Å². The number of rotatable bonds is 5. The number of amides is 1. The molecule has 2 aliphatic carbocycles. The minimum absolute atomic E-state index is 0.00267. The van der Waals surface area contributed by atoms with Crippen molar-refractivity contribution in [3.63, 3.8) is 0 Å². The van der Waals surface area contributed by atoms with Crippen LogP contribution in [0.1, 0.15) is 65.2 Å². The van der Waals surface area contributed by atoms with E-state index in [9.17, 15) is 9.90 Å². The van der Waals surface area contributed by atoms with Gasteiger partial charge in [-0.15, -0.1) is 0 Å². The Bertz CT molecular complexity index is 309. The molecule has 0 aliphatic heterocycles. The second-order valence-corrected chi connectivity index (χ2v) is 7.30. The largest absolute Gasteiger partial charge is 0.395 e. The summed E-state index contributed by atoms with van der Waals surface area (Å²) in [6.45, 7) is 5.30. The molecule has 3 heteroatoms. The van der Waals surface area contributed by atoms with Crippen molar-refractivity contribution in [2.45, 2.75) is 65.2 Å². The first-order valence-corrected chi connectivity index (χ1v) is 7.89. The molecule has 2 rings (SSSR count). The number of carbonyl (C=O) groups excluding carboxylic acids is 1. The second-order valence-electron chi connectivity index (χ2n) is 7.30. The van der Waals surface area contributed by atoms with Crippen LogP contribution in [-0.2, 0) is 4.79 Å². The molecule has 0 unspecified atom stereocenters. The molecule has 110 valence electrons. The van der Waals surface area contributed by atoms with Crippen LogP contribution >= 0.6 is 0 Å². The molecule has 0 spiro atoms. The van der Waals surface area contributed by atoms with E-state index in [4.69, 9.17) is 0 Å². The molecule has 2 saturated carbocycles. The summed E-state index contributed by atoms with van der Waals surface area (Å²) in [5.74, 6) is 0.804. The van der Waals surface area contributed by atoms with E-state index in [1.807, 2.05) is 0 Å². The van der Waals surface area contributed by atoms with Gasteiger partial charge < -0.3 is 10.4 Å². The molecule has 0 aromatic heterocycles. The van der Waals surface area contributed by atoms with Gasteiger partial charge in [0.1, 0.15) is 0 Å². The molecule has 0 heterocycles. The summed E-state index contributed by atoms with van der Waals surface area (Å²) in [4.78, 5) is 12.2. The van der Waals surface area contributed by atoms with E-state index in [0.29, 0.717) is 0 Å². The predicted molar refractivity (Wildman–Crippen MR) is 76.7 cm³/mol. The summed E-state index contributed by atoms with van der Waals surface area (Å²) in [6.07, 6.45) is 9.40. The van der Waals surface area contributed by atoms with Crippen LogP contribution in [0.3, 0.4) is 0 Å². The van der Waals surface area contributed by atoms with Gasteiger partial charge >= 0.3 is 0 Å². The molecule has 0 aromatic carbocycles. The number of aliphatic hydroxyl groups excluding tert-OH is 1. The quantitative estimate of drug-likeness (QED) is 0.804. The van der Waals surface area contributed by atoms with Crippen LogP contribution in [0.4, 0.5) is 0 Å². The van der Waals surface area contributed by atoms with Gasteiger partial charge in [0.05, 0.1) is 12.0 Å². The van der Waals surface area contributed by atoms with E-state index < -0.39 is 5.41 Å². The van der Waals surface area contributed by atoms with Crippen molar-refractivity contribution in [3.05, 3.63) is 0 Å². The van der Waals surface area contributed by atoms with E-state index in [1.165, 1.54) is 32.1 Å². The summed E-state index contributed by atoms with van der Waals surface area (Å²) in [5.41, 5.74) is -0.279. The average Bonchev–Trinajstić information content (AvgIpc) is 2.37. The topological polar surface area (TPSA) is 49.3 Å². The zero-order valence-electron chi connectivity index (χ0n) is 12.5. The number of nitrogens with one attached hydrogen (secondary N) is 1. The van der Waals surface area contributed by atoms with E-state index in [0.717, 1.165) is 31.7 Å². The fourth-order valence-electron chi connectivity index (χ4n) is 3.58. The Kier molecular flexibility index (Phi) is 4.54. The van der Waals surface area contributed by atoms with Crippen LogP contribution in [0.25, 0.3) is 0 Å². The zero-order valence-corrected chi connectivity index (χ0v) is 12.5. The molecule has 0 saturated heterocycles. The molecule has 1 amide bonds. The molecule has 2 N–H and O–H groups in total. The van der Waals surface area contributed by atoms with Crippen LogP contribution < -0.4 is 5.32 Å². The van der Waals surface area contributed by atoms with Gasteiger partial charge in [-0.3, -0.25) is 4.79 Å². The fraction of sp³-hybridized carbons (Fsp3) is 0.938. The molecular weight excluding hydrogens is 238 g/mol. The van der Waals surface area contributed by atoms with Gasteiger partial charge in [-0.2, -0.15) is 0 Å². The lowest BCUT2D eigenvalue weighted by atomic mass is 9.68. The number of hydrogen-bond acceptors (Lipinski definition) is 2. The maximum atomic E-state index is 12.2. The lowest BCUT2D eigenvalue weighted by Crippen LogP contribution is -2.51. The monoisotopic (exact) mass is 267 g/mol. The van der Waals surface area contributed by atoms with Crippen molar-refractivity contribution in [3.8, 4) is 0 Å². The molecule has 2 aliphatic rings. The zero-order chi connectivity index (χ0) is 13.9. The van der Waals surface area contributed by atoms with Gasteiger partial charge in [0.15, 0.2) is 0 Å². The van der Waals surface area contributed by atoms with Gasteiger partial charge in [0.2, 0.25) is 5.91 Å². The summed E-state index contributed by atoms with van der Waals surface area (Å²) in [5, 5.41) is 12.5. The Morgan fingerprint density at radius 2 is 1.84 bits per heavy atom. The van der Waals surface area contributed by atoms with Crippen molar-refractivity contribution in [1.82, 2.24) is 5.32 Å². The van der Waals surface area contributed by atoms with Crippen molar-refractivity contribution in [1.29, 1.82) is 0 Å². The standard InChI is InChI=1S/C16H29NO2/c1-15(2,13-7-4-3-5-8-13)11-17-14(19)16(12-18)9-6-10-16/h13,18H,3-12H2,1-2H3,(H,17,19). The van der Waals surface area contributed by atoms with Gasteiger partial charge in [-0.1, -0.05) is 39.5 Å². The second kappa shape index (κ2) is 5.82. The van der Waals surface area contributed by atoms with Crippen molar-refractivity contribution < 1.29 is 9.90 Å². The Labute approximate surface area is 117 Å². The maximum absolute atomic E-state index is 12.2. The first-order valence-electron chi connectivity index (χ1n) is 7.89. The minimum atomic E-state index is -0.456. The highest BCUT2D eigenvalue weighted by molar-refractivity contribution is 5.83. The number of hydrogen-bond donors (Lipinski definition) is 2. The van der Waals surface area contributed by atoms with Crippen molar-refractivity contribution >= 4 is 5.91 Å². The maximum Gasteiger partial charge on any atom is 0.228 e. The molecule has 0 radical (unpaired) electrons. The summed E-state index contributed by atoms with van der Waals surface area (Å²) in [7, 11) is 0. The highest BCUT2D eigenvalue weighted by Gasteiger charge is 2.44. The third-order valence-electron chi connectivity index (χ3n) is 5.51. The van der Waals surface area contributed by atoms with E-state index in [1.54, 1.807) is 0 Å². The van der Waals surface area contributed by atoms with Gasteiger partial charge in [0.25, 0.3) is 0 Å². The van der Waals surface area contributed by atoms with Gasteiger partial charge in [0, 0.05) is 6.54 Å². The minimum Gasteiger partial charge on any atom is -0.395 e. The molecule has 0 bridgehead atoms. The Morgan fingerprint density at radius 1 is 1.21 bits per heavy atom. The van der Waals surface area contributed by atoms with E-state index in [2.05, 4.69) is 19.2 Å². The summed E-state index contributed by atoms with van der Waals surface area (Å²) in [6, 6.07) is 0. The van der Waals surface area contributed by atoms with Crippen LogP contribution in [0, 0.1) is 16.7 Å². The summed E-state index contributed by atoms with van der Waals surface area (Å²) < 4.78 is 0. The van der Waals surface area contributed by atoms with Crippen LogP contribution in [0.15, 0.2) is 0 Å².